The highest BCUT2D eigenvalue weighted by atomic mass is 79.9. The molecule has 0 aromatic carbocycles. The van der Waals surface area contributed by atoms with Crippen LogP contribution in [0.4, 0.5) is 0 Å². The summed E-state index contributed by atoms with van der Waals surface area (Å²) in [4.78, 5) is 3.99. The molecule has 0 bridgehead atoms. The topological polar surface area (TPSA) is 24.9 Å². The molecular weight excluding hydrogens is 263 g/mol. The van der Waals surface area contributed by atoms with E-state index in [1.165, 1.54) is 5.56 Å². The Kier molecular flexibility index (Phi) is 3.93. The number of rotatable bonds is 3. The summed E-state index contributed by atoms with van der Waals surface area (Å²) in [6, 6.07) is 1.89. The number of aromatic nitrogens is 1. The Morgan fingerprint density at radius 2 is 2.21 bits per heavy atom. The summed E-state index contributed by atoms with van der Waals surface area (Å²) in [5, 5.41) is 3.79. The third-order valence-electron chi connectivity index (χ3n) is 2.21. The Labute approximate surface area is 98.2 Å². The largest absolute Gasteiger partial charge is 0.314 e. The van der Waals surface area contributed by atoms with E-state index in [2.05, 4.69) is 40.1 Å². The monoisotopic (exact) mass is 276 g/mol. The fourth-order valence-electron chi connectivity index (χ4n) is 1.15. The van der Waals surface area contributed by atoms with Crippen molar-refractivity contribution in [2.24, 2.45) is 0 Å². The molecule has 0 saturated heterocycles. The van der Waals surface area contributed by atoms with Crippen molar-refractivity contribution in [1.29, 1.82) is 0 Å². The minimum atomic E-state index is 0.0627. The summed E-state index contributed by atoms with van der Waals surface area (Å²) in [7, 11) is 1.96. The first kappa shape index (κ1) is 12.0. The number of halogens is 2. The van der Waals surface area contributed by atoms with E-state index in [-0.39, 0.29) is 5.54 Å². The van der Waals surface area contributed by atoms with E-state index in [0.29, 0.717) is 5.15 Å². The van der Waals surface area contributed by atoms with Gasteiger partial charge in [-0.15, -0.1) is 0 Å². The number of hydrogen-bond donors (Lipinski definition) is 1. The van der Waals surface area contributed by atoms with Crippen LogP contribution in [0.2, 0.25) is 5.15 Å². The summed E-state index contributed by atoms with van der Waals surface area (Å²) in [6.45, 7) is 4.29. The number of hydrogen-bond acceptors (Lipinski definition) is 2. The number of nitrogens with one attached hydrogen (secondary N) is 1. The summed E-state index contributed by atoms with van der Waals surface area (Å²) >= 11 is 9.30. The Morgan fingerprint density at radius 3 is 2.79 bits per heavy atom. The fourth-order valence-corrected chi connectivity index (χ4v) is 1.69. The maximum absolute atomic E-state index is 5.84. The Hall–Kier alpha value is -0.120. The van der Waals surface area contributed by atoms with Gasteiger partial charge in [0.15, 0.2) is 0 Å². The van der Waals surface area contributed by atoms with E-state index in [1.54, 1.807) is 6.20 Å². The Balaban J connectivity index is 2.91. The van der Waals surface area contributed by atoms with Crippen molar-refractivity contribution in [2.75, 3.05) is 7.05 Å². The molecule has 0 radical (unpaired) electrons. The second-order valence-corrected chi connectivity index (χ2v) is 5.15. The van der Waals surface area contributed by atoms with Crippen molar-refractivity contribution < 1.29 is 0 Å². The van der Waals surface area contributed by atoms with Gasteiger partial charge in [0.1, 0.15) is 5.15 Å². The van der Waals surface area contributed by atoms with Crippen molar-refractivity contribution in [3.63, 3.8) is 0 Å². The van der Waals surface area contributed by atoms with Crippen LogP contribution in [0.1, 0.15) is 19.4 Å². The average Bonchev–Trinajstić information content (AvgIpc) is 2.11. The van der Waals surface area contributed by atoms with Gasteiger partial charge in [-0.3, -0.25) is 0 Å². The second kappa shape index (κ2) is 4.60. The van der Waals surface area contributed by atoms with Gasteiger partial charge >= 0.3 is 0 Å². The summed E-state index contributed by atoms with van der Waals surface area (Å²) < 4.78 is 1.00. The predicted octanol–water partition coefficient (Wildman–Crippen LogP) is 3.04. The van der Waals surface area contributed by atoms with Crippen LogP contribution in [0.15, 0.2) is 16.7 Å². The highest BCUT2D eigenvalue weighted by Crippen LogP contribution is 2.22. The molecule has 78 valence electrons. The van der Waals surface area contributed by atoms with Crippen molar-refractivity contribution >= 4 is 27.5 Å². The smallest absolute Gasteiger partial charge is 0.129 e. The lowest BCUT2D eigenvalue weighted by molar-refractivity contribution is 0.421. The quantitative estimate of drug-likeness (QED) is 0.859. The van der Waals surface area contributed by atoms with Gasteiger partial charge in [0.2, 0.25) is 0 Å². The van der Waals surface area contributed by atoms with Crippen LogP contribution in [0.25, 0.3) is 0 Å². The molecule has 1 aromatic heterocycles. The van der Waals surface area contributed by atoms with Gasteiger partial charge in [-0.05, 0) is 54.9 Å². The minimum Gasteiger partial charge on any atom is -0.314 e. The molecule has 0 unspecified atom stereocenters. The normalized spacial score (nSPS) is 11.8. The molecule has 0 spiro atoms. The van der Waals surface area contributed by atoms with Crippen molar-refractivity contribution in [2.45, 2.75) is 25.8 Å². The van der Waals surface area contributed by atoms with Gasteiger partial charge in [0.05, 0.1) is 0 Å². The van der Waals surface area contributed by atoms with E-state index in [1.807, 2.05) is 13.1 Å². The van der Waals surface area contributed by atoms with E-state index >= 15 is 0 Å². The molecule has 1 heterocycles. The summed E-state index contributed by atoms with van der Waals surface area (Å²) in [5.41, 5.74) is 1.23. The molecule has 0 amide bonds. The van der Waals surface area contributed by atoms with Crippen LogP contribution in [0.5, 0.6) is 0 Å². The van der Waals surface area contributed by atoms with Gasteiger partial charge in [-0.1, -0.05) is 11.6 Å². The minimum absolute atomic E-state index is 0.0627. The van der Waals surface area contributed by atoms with Crippen LogP contribution >= 0.6 is 27.5 Å². The number of pyridine rings is 1. The van der Waals surface area contributed by atoms with E-state index in [9.17, 15) is 0 Å². The highest BCUT2D eigenvalue weighted by molar-refractivity contribution is 9.10. The first-order chi connectivity index (χ1) is 6.44. The second-order valence-electron chi connectivity index (χ2n) is 3.91. The molecule has 1 rings (SSSR count). The van der Waals surface area contributed by atoms with Crippen LogP contribution in [0, 0.1) is 0 Å². The maximum atomic E-state index is 5.84. The zero-order valence-corrected chi connectivity index (χ0v) is 10.9. The van der Waals surface area contributed by atoms with Crippen molar-refractivity contribution in [3.8, 4) is 0 Å². The summed E-state index contributed by atoms with van der Waals surface area (Å²) in [6.07, 6.45) is 2.65. The predicted molar refractivity (Wildman–Crippen MR) is 63.8 cm³/mol. The summed E-state index contributed by atoms with van der Waals surface area (Å²) in [5.74, 6) is 0. The fraction of sp³-hybridized carbons (Fsp3) is 0.500. The molecule has 0 aliphatic rings. The number of nitrogens with zero attached hydrogens (tertiary/aromatic N) is 1. The van der Waals surface area contributed by atoms with E-state index < -0.39 is 0 Å². The average molecular weight is 278 g/mol. The first-order valence-electron chi connectivity index (χ1n) is 4.43. The van der Waals surface area contributed by atoms with E-state index in [0.717, 1.165) is 10.9 Å². The third kappa shape index (κ3) is 3.23. The van der Waals surface area contributed by atoms with Gasteiger partial charge in [0, 0.05) is 16.2 Å². The maximum Gasteiger partial charge on any atom is 0.129 e. The molecule has 0 aliphatic carbocycles. The molecule has 0 atom stereocenters. The van der Waals surface area contributed by atoms with Gasteiger partial charge < -0.3 is 5.32 Å². The van der Waals surface area contributed by atoms with Gasteiger partial charge in [0.25, 0.3) is 0 Å². The van der Waals surface area contributed by atoms with Crippen LogP contribution in [-0.4, -0.2) is 17.6 Å². The molecule has 14 heavy (non-hydrogen) atoms. The zero-order valence-electron chi connectivity index (χ0n) is 8.56. The SMILES string of the molecule is CNC(C)(C)Cc1cc(Cl)ncc1Br. The van der Waals surface area contributed by atoms with Crippen LogP contribution in [-0.2, 0) is 6.42 Å². The van der Waals surface area contributed by atoms with Crippen molar-refractivity contribution in [3.05, 3.63) is 27.5 Å². The van der Waals surface area contributed by atoms with E-state index in [4.69, 9.17) is 11.6 Å². The Morgan fingerprint density at radius 1 is 1.57 bits per heavy atom. The molecule has 2 nitrogen and oxygen atoms in total. The first-order valence-corrected chi connectivity index (χ1v) is 5.60. The third-order valence-corrected chi connectivity index (χ3v) is 3.13. The lowest BCUT2D eigenvalue weighted by atomic mass is 9.96. The lowest BCUT2D eigenvalue weighted by Gasteiger charge is -2.24. The molecule has 0 saturated carbocycles. The molecule has 4 heteroatoms. The van der Waals surface area contributed by atoms with Crippen LogP contribution < -0.4 is 5.32 Å². The molecular formula is C10H14BrClN2. The highest BCUT2D eigenvalue weighted by Gasteiger charge is 2.17. The number of likely N-dealkylation sites (N-methyl/N-ethyl adjacent to an activating group) is 1. The Bertz CT molecular complexity index is 326. The van der Waals surface area contributed by atoms with Gasteiger partial charge in [-0.2, -0.15) is 0 Å². The molecule has 0 fully saturated rings. The standard InChI is InChI=1S/C10H14BrClN2/c1-10(2,13-3)5-7-4-9(12)14-6-8(7)11/h4,6,13H,5H2,1-3H3. The van der Waals surface area contributed by atoms with Crippen molar-refractivity contribution in [1.82, 2.24) is 10.3 Å². The molecule has 1 N–H and O–H groups in total. The van der Waals surface area contributed by atoms with Gasteiger partial charge in [-0.25, -0.2) is 4.98 Å². The molecule has 1 aromatic rings. The van der Waals surface area contributed by atoms with Crippen LogP contribution in [0.3, 0.4) is 0 Å². The lowest BCUT2D eigenvalue weighted by Crippen LogP contribution is -2.38. The molecule has 0 aliphatic heterocycles. The zero-order chi connectivity index (χ0) is 10.8.